The standard InChI is InChI=1S/C12H11BrClN5O2/c1-2-15-12-16-6-10(19(20)21)11(18-12)17-9-5-7(14)3-4-8(9)13/h3-6H,2H2,1H3,(H2,15,16,17,18). The highest BCUT2D eigenvalue weighted by Gasteiger charge is 2.18. The summed E-state index contributed by atoms with van der Waals surface area (Å²) in [5, 5.41) is 17.4. The molecule has 0 radical (unpaired) electrons. The number of hydrogen-bond acceptors (Lipinski definition) is 6. The van der Waals surface area contributed by atoms with Crippen molar-refractivity contribution in [2.24, 2.45) is 0 Å². The Morgan fingerprint density at radius 3 is 2.90 bits per heavy atom. The Morgan fingerprint density at radius 2 is 2.24 bits per heavy atom. The fourth-order valence-corrected chi connectivity index (χ4v) is 2.08. The van der Waals surface area contributed by atoms with Gasteiger partial charge in [-0.1, -0.05) is 11.6 Å². The molecular formula is C12H11BrClN5O2. The van der Waals surface area contributed by atoms with Gasteiger partial charge in [0.05, 0.1) is 10.6 Å². The molecule has 0 atom stereocenters. The lowest BCUT2D eigenvalue weighted by Gasteiger charge is -2.10. The van der Waals surface area contributed by atoms with Crippen molar-refractivity contribution in [3.8, 4) is 0 Å². The number of anilines is 3. The number of nitrogens with one attached hydrogen (secondary N) is 2. The summed E-state index contributed by atoms with van der Waals surface area (Å²) in [6.45, 7) is 2.49. The van der Waals surface area contributed by atoms with E-state index < -0.39 is 4.92 Å². The van der Waals surface area contributed by atoms with Gasteiger partial charge < -0.3 is 10.6 Å². The van der Waals surface area contributed by atoms with Crippen LogP contribution < -0.4 is 10.6 Å². The molecule has 1 aromatic heterocycles. The highest BCUT2D eigenvalue weighted by Crippen LogP contribution is 2.31. The van der Waals surface area contributed by atoms with Crippen molar-refractivity contribution in [1.29, 1.82) is 0 Å². The molecule has 2 rings (SSSR count). The minimum absolute atomic E-state index is 0.0916. The fraction of sp³-hybridized carbons (Fsp3) is 0.167. The van der Waals surface area contributed by atoms with E-state index in [2.05, 4.69) is 36.5 Å². The van der Waals surface area contributed by atoms with Crippen LogP contribution in [0.2, 0.25) is 5.02 Å². The van der Waals surface area contributed by atoms with Crippen LogP contribution in [0, 0.1) is 10.1 Å². The third-order valence-electron chi connectivity index (χ3n) is 2.48. The number of aromatic nitrogens is 2. The maximum atomic E-state index is 11.1. The summed E-state index contributed by atoms with van der Waals surface area (Å²) in [5.41, 5.74) is 0.357. The van der Waals surface area contributed by atoms with Gasteiger partial charge in [0, 0.05) is 16.0 Å². The van der Waals surface area contributed by atoms with Gasteiger partial charge in [0.2, 0.25) is 11.8 Å². The molecule has 0 fully saturated rings. The summed E-state index contributed by atoms with van der Waals surface area (Å²) in [4.78, 5) is 18.5. The molecule has 7 nitrogen and oxygen atoms in total. The molecule has 0 saturated carbocycles. The maximum Gasteiger partial charge on any atom is 0.329 e. The summed E-state index contributed by atoms with van der Waals surface area (Å²) in [5.74, 6) is 0.401. The smallest absolute Gasteiger partial charge is 0.329 e. The zero-order valence-electron chi connectivity index (χ0n) is 10.9. The van der Waals surface area contributed by atoms with E-state index in [0.29, 0.717) is 27.7 Å². The quantitative estimate of drug-likeness (QED) is 0.609. The lowest BCUT2D eigenvalue weighted by molar-refractivity contribution is -0.384. The van der Waals surface area contributed by atoms with E-state index >= 15 is 0 Å². The Bertz CT molecular complexity index is 683. The van der Waals surface area contributed by atoms with Gasteiger partial charge in [0.15, 0.2) is 0 Å². The second-order valence-electron chi connectivity index (χ2n) is 3.96. The summed E-state index contributed by atoms with van der Waals surface area (Å²) in [7, 11) is 0. The van der Waals surface area contributed by atoms with E-state index in [1.807, 2.05) is 6.92 Å². The van der Waals surface area contributed by atoms with Gasteiger partial charge >= 0.3 is 5.69 Å². The molecule has 0 aliphatic heterocycles. The monoisotopic (exact) mass is 371 g/mol. The van der Waals surface area contributed by atoms with Crippen molar-refractivity contribution in [2.45, 2.75) is 6.92 Å². The molecule has 0 bridgehead atoms. The summed E-state index contributed by atoms with van der Waals surface area (Å²) in [6.07, 6.45) is 1.16. The molecule has 2 aromatic rings. The number of hydrogen-bond donors (Lipinski definition) is 2. The topological polar surface area (TPSA) is 93.0 Å². The van der Waals surface area contributed by atoms with Crippen LogP contribution in [0.15, 0.2) is 28.9 Å². The van der Waals surface area contributed by atoms with Crippen LogP contribution in [0.5, 0.6) is 0 Å². The Morgan fingerprint density at radius 1 is 1.48 bits per heavy atom. The molecule has 1 heterocycles. The van der Waals surface area contributed by atoms with Crippen molar-refractivity contribution < 1.29 is 4.92 Å². The minimum atomic E-state index is -0.545. The van der Waals surface area contributed by atoms with E-state index in [4.69, 9.17) is 11.6 Å². The molecule has 2 N–H and O–H groups in total. The average molecular weight is 373 g/mol. The molecule has 0 aliphatic carbocycles. The summed E-state index contributed by atoms with van der Waals surface area (Å²) >= 11 is 9.28. The number of benzene rings is 1. The summed E-state index contributed by atoms with van der Waals surface area (Å²) < 4.78 is 0.713. The highest BCUT2D eigenvalue weighted by molar-refractivity contribution is 9.10. The molecule has 110 valence electrons. The Hall–Kier alpha value is -1.93. The SMILES string of the molecule is CCNc1ncc([N+](=O)[O-])c(Nc2cc(Cl)ccc2Br)n1. The third-order valence-corrected chi connectivity index (χ3v) is 3.41. The van der Waals surface area contributed by atoms with E-state index in [1.165, 1.54) is 0 Å². The van der Waals surface area contributed by atoms with Crippen LogP contribution in [-0.4, -0.2) is 21.4 Å². The Labute approximate surface area is 134 Å². The van der Waals surface area contributed by atoms with Crippen LogP contribution in [0.1, 0.15) is 6.92 Å². The maximum absolute atomic E-state index is 11.1. The van der Waals surface area contributed by atoms with Crippen molar-refractivity contribution in [3.05, 3.63) is 44.0 Å². The predicted molar refractivity (Wildman–Crippen MR) is 85.3 cm³/mol. The van der Waals surface area contributed by atoms with Gasteiger partial charge in [-0.05, 0) is 41.1 Å². The second-order valence-corrected chi connectivity index (χ2v) is 5.25. The van der Waals surface area contributed by atoms with Gasteiger partial charge in [0.25, 0.3) is 0 Å². The highest BCUT2D eigenvalue weighted by atomic mass is 79.9. The number of halogens is 2. The molecule has 0 spiro atoms. The van der Waals surface area contributed by atoms with Gasteiger partial charge in [0.1, 0.15) is 6.20 Å². The van der Waals surface area contributed by atoms with Crippen LogP contribution in [0.25, 0.3) is 0 Å². The van der Waals surface area contributed by atoms with E-state index in [0.717, 1.165) is 6.20 Å². The molecule has 9 heteroatoms. The first-order valence-corrected chi connectivity index (χ1v) is 7.15. The van der Waals surface area contributed by atoms with Crippen molar-refractivity contribution in [3.63, 3.8) is 0 Å². The van der Waals surface area contributed by atoms with Crippen molar-refractivity contribution in [2.75, 3.05) is 17.2 Å². The van der Waals surface area contributed by atoms with Crippen molar-refractivity contribution in [1.82, 2.24) is 9.97 Å². The van der Waals surface area contributed by atoms with Gasteiger partial charge in [-0.3, -0.25) is 10.1 Å². The molecule has 0 saturated heterocycles. The minimum Gasteiger partial charge on any atom is -0.354 e. The molecule has 0 amide bonds. The molecule has 0 unspecified atom stereocenters. The largest absolute Gasteiger partial charge is 0.354 e. The Kier molecular flexibility index (Phi) is 4.92. The van der Waals surface area contributed by atoms with Gasteiger partial charge in [-0.2, -0.15) is 4.98 Å². The zero-order valence-corrected chi connectivity index (χ0v) is 13.3. The number of nitrogens with zero attached hydrogens (tertiary/aromatic N) is 3. The van der Waals surface area contributed by atoms with Crippen LogP contribution in [0.4, 0.5) is 23.1 Å². The summed E-state index contributed by atoms with van der Waals surface area (Å²) in [6, 6.07) is 5.09. The molecule has 0 aliphatic rings. The van der Waals surface area contributed by atoms with Crippen LogP contribution in [0.3, 0.4) is 0 Å². The number of rotatable bonds is 5. The van der Waals surface area contributed by atoms with Crippen LogP contribution >= 0.6 is 27.5 Å². The van der Waals surface area contributed by atoms with Gasteiger partial charge in [-0.25, -0.2) is 4.98 Å². The molecule has 1 aromatic carbocycles. The van der Waals surface area contributed by atoms with E-state index in [1.54, 1.807) is 18.2 Å². The second kappa shape index (κ2) is 6.68. The average Bonchev–Trinajstić information content (AvgIpc) is 2.43. The zero-order chi connectivity index (χ0) is 15.4. The normalized spacial score (nSPS) is 10.2. The van der Waals surface area contributed by atoms with Gasteiger partial charge in [-0.15, -0.1) is 0 Å². The lowest BCUT2D eigenvalue weighted by Crippen LogP contribution is -2.06. The Balaban J connectivity index is 2.43. The van der Waals surface area contributed by atoms with Crippen LogP contribution in [-0.2, 0) is 0 Å². The van der Waals surface area contributed by atoms with E-state index in [9.17, 15) is 10.1 Å². The first-order chi connectivity index (χ1) is 10.0. The third kappa shape index (κ3) is 3.79. The van der Waals surface area contributed by atoms with Crippen molar-refractivity contribution >= 4 is 50.7 Å². The molecular weight excluding hydrogens is 362 g/mol. The fourth-order valence-electron chi connectivity index (χ4n) is 1.57. The first kappa shape index (κ1) is 15.5. The predicted octanol–water partition coefficient (Wildman–Crippen LogP) is 3.98. The van der Waals surface area contributed by atoms with E-state index in [-0.39, 0.29) is 11.5 Å². The lowest BCUT2D eigenvalue weighted by atomic mass is 10.3. The first-order valence-electron chi connectivity index (χ1n) is 5.98. The number of nitro groups is 1. The molecule has 21 heavy (non-hydrogen) atoms.